The third-order valence-corrected chi connectivity index (χ3v) is 2.91. The summed E-state index contributed by atoms with van der Waals surface area (Å²) in [4.78, 5) is 4.61. The number of halogens is 2. The zero-order valence-corrected chi connectivity index (χ0v) is 8.47. The summed E-state index contributed by atoms with van der Waals surface area (Å²) in [5.74, 6) is -1.23. The highest BCUT2D eigenvalue weighted by atomic mass is 32.1. The molecule has 2 rings (SSSR count). The second kappa shape index (κ2) is 4.04. The van der Waals surface area contributed by atoms with Crippen molar-refractivity contribution in [1.29, 1.82) is 0 Å². The number of nitrogens with two attached hydrogens (primary N) is 1. The van der Waals surface area contributed by atoms with Crippen LogP contribution in [0.1, 0.15) is 16.5 Å². The van der Waals surface area contributed by atoms with Gasteiger partial charge in [0.25, 0.3) is 0 Å². The van der Waals surface area contributed by atoms with Crippen LogP contribution in [-0.2, 0) is 0 Å². The van der Waals surface area contributed by atoms with E-state index in [1.165, 1.54) is 23.5 Å². The summed E-state index contributed by atoms with van der Waals surface area (Å²) in [6.07, 6.45) is 1.58. The number of benzene rings is 1. The van der Waals surface area contributed by atoms with E-state index in [0.717, 1.165) is 10.9 Å². The average molecular weight is 226 g/mol. The van der Waals surface area contributed by atoms with E-state index in [1.54, 1.807) is 11.7 Å². The van der Waals surface area contributed by atoms with Crippen molar-refractivity contribution in [3.63, 3.8) is 0 Å². The summed E-state index contributed by atoms with van der Waals surface area (Å²) in [5, 5.41) is 0. The molecule has 0 radical (unpaired) electrons. The standard InChI is InChI=1S/C10H8F2N2S/c11-6-1-2-7(8(12)3-6)10(13)9-4-14-5-15-9/h1-5,10H,13H2. The molecule has 0 fully saturated rings. The SMILES string of the molecule is NC(c1cncs1)c1ccc(F)cc1F. The molecule has 0 aliphatic carbocycles. The molecule has 2 nitrogen and oxygen atoms in total. The van der Waals surface area contributed by atoms with E-state index in [-0.39, 0.29) is 5.56 Å². The molecule has 1 unspecified atom stereocenters. The van der Waals surface area contributed by atoms with Gasteiger partial charge in [0.2, 0.25) is 0 Å². The summed E-state index contributed by atoms with van der Waals surface area (Å²) in [6, 6.07) is 2.79. The molecule has 0 spiro atoms. The van der Waals surface area contributed by atoms with Crippen LogP contribution in [0.15, 0.2) is 29.9 Å². The molecule has 1 aromatic heterocycles. The predicted molar refractivity (Wildman–Crippen MR) is 54.5 cm³/mol. The topological polar surface area (TPSA) is 38.9 Å². The molecule has 5 heteroatoms. The van der Waals surface area contributed by atoms with Crippen molar-refractivity contribution >= 4 is 11.3 Å². The monoisotopic (exact) mass is 226 g/mol. The zero-order chi connectivity index (χ0) is 10.8. The van der Waals surface area contributed by atoms with Crippen LogP contribution in [0, 0.1) is 11.6 Å². The van der Waals surface area contributed by atoms with Crippen LogP contribution in [0.25, 0.3) is 0 Å². The maximum Gasteiger partial charge on any atom is 0.131 e. The van der Waals surface area contributed by atoms with Crippen molar-refractivity contribution in [1.82, 2.24) is 4.98 Å². The largest absolute Gasteiger partial charge is 0.319 e. The highest BCUT2D eigenvalue weighted by Gasteiger charge is 2.15. The maximum atomic E-state index is 13.4. The number of hydrogen-bond acceptors (Lipinski definition) is 3. The minimum atomic E-state index is -0.629. The van der Waals surface area contributed by atoms with E-state index in [4.69, 9.17) is 5.73 Å². The second-order valence-corrected chi connectivity index (χ2v) is 3.97. The Morgan fingerprint density at radius 3 is 2.73 bits per heavy atom. The molecule has 0 saturated carbocycles. The lowest BCUT2D eigenvalue weighted by molar-refractivity contribution is 0.566. The van der Waals surface area contributed by atoms with Gasteiger partial charge in [0.05, 0.1) is 11.6 Å². The molecule has 1 heterocycles. The summed E-state index contributed by atoms with van der Waals surface area (Å²) in [6.45, 7) is 0. The fourth-order valence-corrected chi connectivity index (χ4v) is 1.92. The molecule has 78 valence electrons. The highest BCUT2D eigenvalue weighted by Crippen LogP contribution is 2.24. The van der Waals surface area contributed by atoms with Crippen LogP contribution >= 0.6 is 11.3 Å². The summed E-state index contributed by atoms with van der Waals surface area (Å²) < 4.78 is 26.0. The van der Waals surface area contributed by atoms with Gasteiger partial charge in [0.15, 0.2) is 0 Å². The van der Waals surface area contributed by atoms with Crippen LogP contribution in [0.3, 0.4) is 0 Å². The van der Waals surface area contributed by atoms with Crippen molar-refractivity contribution < 1.29 is 8.78 Å². The molecule has 2 N–H and O–H groups in total. The highest BCUT2D eigenvalue weighted by molar-refractivity contribution is 7.09. The van der Waals surface area contributed by atoms with Crippen LogP contribution in [0.2, 0.25) is 0 Å². The average Bonchev–Trinajstić information content (AvgIpc) is 2.69. The van der Waals surface area contributed by atoms with Gasteiger partial charge >= 0.3 is 0 Å². The van der Waals surface area contributed by atoms with Gasteiger partial charge in [-0.3, -0.25) is 4.98 Å². The Hall–Kier alpha value is -1.33. The number of aromatic nitrogens is 1. The first-order valence-corrected chi connectivity index (χ1v) is 5.15. The third kappa shape index (κ3) is 2.03. The fourth-order valence-electron chi connectivity index (χ4n) is 1.29. The lowest BCUT2D eigenvalue weighted by atomic mass is 10.1. The Labute approximate surface area is 89.4 Å². The van der Waals surface area contributed by atoms with Gasteiger partial charge in [-0.2, -0.15) is 0 Å². The molecule has 2 aromatic rings. The van der Waals surface area contributed by atoms with E-state index in [2.05, 4.69) is 4.98 Å². The van der Waals surface area contributed by atoms with Crippen LogP contribution in [-0.4, -0.2) is 4.98 Å². The van der Waals surface area contributed by atoms with Crippen molar-refractivity contribution in [3.8, 4) is 0 Å². The molecule has 0 saturated heterocycles. The van der Waals surface area contributed by atoms with E-state index >= 15 is 0 Å². The smallest absolute Gasteiger partial charge is 0.131 e. The molecular weight excluding hydrogens is 218 g/mol. The Balaban J connectivity index is 2.38. The van der Waals surface area contributed by atoms with Gasteiger partial charge in [-0.15, -0.1) is 11.3 Å². The van der Waals surface area contributed by atoms with Gasteiger partial charge in [0, 0.05) is 22.7 Å². The lowest BCUT2D eigenvalue weighted by Crippen LogP contribution is -2.12. The quantitative estimate of drug-likeness (QED) is 0.854. The molecule has 15 heavy (non-hydrogen) atoms. The van der Waals surface area contributed by atoms with Gasteiger partial charge in [-0.1, -0.05) is 6.07 Å². The molecule has 0 bridgehead atoms. The summed E-state index contributed by atoms with van der Waals surface area (Å²) in [7, 11) is 0. The van der Waals surface area contributed by atoms with E-state index in [9.17, 15) is 8.78 Å². The van der Waals surface area contributed by atoms with E-state index in [0.29, 0.717) is 0 Å². The normalized spacial score (nSPS) is 12.7. The van der Waals surface area contributed by atoms with Crippen molar-refractivity contribution in [2.45, 2.75) is 6.04 Å². The van der Waals surface area contributed by atoms with Crippen LogP contribution in [0.5, 0.6) is 0 Å². The van der Waals surface area contributed by atoms with Crippen LogP contribution < -0.4 is 5.73 Å². The molecule has 0 aliphatic heterocycles. The predicted octanol–water partition coefficient (Wildman–Crippen LogP) is 2.47. The third-order valence-electron chi connectivity index (χ3n) is 2.06. The van der Waals surface area contributed by atoms with E-state index in [1.807, 2.05) is 0 Å². The Kier molecular flexibility index (Phi) is 2.75. The molecule has 1 aromatic carbocycles. The van der Waals surface area contributed by atoms with E-state index < -0.39 is 17.7 Å². The van der Waals surface area contributed by atoms with Gasteiger partial charge in [0.1, 0.15) is 11.6 Å². The molecule has 1 atom stereocenters. The Morgan fingerprint density at radius 2 is 2.13 bits per heavy atom. The minimum Gasteiger partial charge on any atom is -0.319 e. The molecular formula is C10H8F2N2S. The van der Waals surface area contributed by atoms with Crippen molar-refractivity contribution in [2.24, 2.45) is 5.73 Å². The lowest BCUT2D eigenvalue weighted by Gasteiger charge is -2.10. The first-order valence-electron chi connectivity index (χ1n) is 4.27. The molecule has 0 aliphatic rings. The van der Waals surface area contributed by atoms with Crippen molar-refractivity contribution in [3.05, 3.63) is 52.0 Å². The molecule has 0 amide bonds. The minimum absolute atomic E-state index is 0.278. The first kappa shape index (κ1) is 10.2. The first-order chi connectivity index (χ1) is 7.18. The van der Waals surface area contributed by atoms with Crippen molar-refractivity contribution in [2.75, 3.05) is 0 Å². The Morgan fingerprint density at radius 1 is 1.33 bits per heavy atom. The number of rotatable bonds is 2. The number of thiazole rings is 1. The summed E-state index contributed by atoms with van der Waals surface area (Å²) >= 11 is 1.34. The zero-order valence-electron chi connectivity index (χ0n) is 7.65. The van der Waals surface area contributed by atoms with Gasteiger partial charge in [-0.25, -0.2) is 8.78 Å². The fraction of sp³-hybridized carbons (Fsp3) is 0.100. The van der Waals surface area contributed by atoms with Gasteiger partial charge < -0.3 is 5.73 Å². The van der Waals surface area contributed by atoms with Crippen LogP contribution in [0.4, 0.5) is 8.78 Å². The number of nitrogens with zero attached hydrogens (tertiary/aromatic N) is 1. The Bertz CT molecular complexity index is 456. The second-order valence-electron chi connectivity index (χ2n) is 3.05. The maximum absolute atomic E-state index is 13.4. The summed E-state index contributed by atoms with van der Waals surface area (Å²) in [5.41, 5.74) is 7.72. The number of hydrogen-bond donors (Lipinski definition) is 1. The van der Waals surface area contributed by atoms with Gasteiger partial charge in [-0.05, 0) is 6.07 Å².